The molecule has 0 fully saturated rings. The van der Waals surface area contributed by atoms with E-state index in [-0.39, 0.29) is 11.3 Å². The largest absolute Gasteiger partial charge is 0.494 e. The summed E-state index contributed by atoms with van der Waals surface area (Å²) >= 11 is 6.07. The number of alkyl halides is 1. The van der Waals surface area contributed by atoms with Crippen LogP contribution in [0, 0.1) is 0 Å². The van der Waals surface area contributed by atoms with Crippen LogP contribution in [0.5, 0.6) is 5.75 Å². The summed E-state index contributed by atoms with van der Waals surface area (Å²) in [7, 11) is 0. The fourth-order valence-electron chi connectivity index (χ4n) is 1.67. The smallest absolute Gasteiger partial charge is 0.251 e. The zero-order valence-electron chi connectivity index (χ0n) is 11.6. The highest BCUT2D eigenvalue weighted by atomic mass is 35.5. The average Bonchev–Trinajstić information content (AvgIpc) is 2.43. The van der Waals surface area contributed by atoms with Crippen molar-refractivity contribution >= 4 is 17.5 Å². The summed E-state index contributed by atoms with van der Waals surface area (Å²) in [6.45, 7) is 5.27. The fourth-order valence-corrected chi connectivity index (χ4v) is 1.96. The number of carbonyl (C=O) groups excluding carboxylic acids is 1. The molecule has 0 heterocycles. The van der Waals surface area contributed by atoms with E-state index in [0.29, 0.717) is 18.7 Å². The Kier molecular flexibility index (Phi) is 7.34. The van der Waals surface area contributed by atoms with Crippen molar-refractivity contribution in [2.24, 2.45) is 0 Å². The van der Waals surface area contributed by atoms with Gasteiger partial charge in [0.25, 0.3) is 5.91 Å². The van der Waals surface area contributed by atoms with Gasteiger partial charge in [0.1, 0.15) is 5.75 Å². The van der Waals surface area contributed by atoms with Gasteiger partial charge in [-0.3, -0.25) is 4.79 Å². The van der Waals surface area contributed by atoms with Crippen molar-refractivity contribution in [1.29, 1.82) is 0 Å². The maximum atomic E-state index is 12.0. The third-order valence-corrected chi connectivity index (χ3v) is 3.03. The van der Waals surface area contributed by atoms with Crippen LogP contribution in [0.3, 0.4) is 0 Å². The average molecular weight is 284 g/mol. The van der Waals surface area contributed by atoms with Crippen molar-refractivity contribution in [1.82, 2.24) is 5.32 Å². The first-order chi connectivity index (χ1) is 9.17. The summed E-state index contributed by atoms with van der Waals surface area (Å²) in [6.07, 6.45) is 2.87. The summed E-state index contributed by atoms with van der Waals surface area (Å²) in [5, 5.41) is 2.83. The molecular formula is C15H22ClNO2. The maximum absolute atomic E-state index is 12.0. The van der Waals surface area contributed by atoms with Gasteiger partial charge in [0.15, 0.2) is 0 Å². The number of halogens is 1. The van der Waals surface area contributed by atoms with Crippen LogP contribution in [0.4, 0.5) is 0 Å². The Balaban J connectivity index is 2.51. The first-order valence-corrected chi connectivity index (χ1v) is 7.26. The van der Waals surface area contributed by atoms with Gasteiger partial charge in [0.2, 0.25) is 0 Å². The second-order valence-corrected chi connectivity index (χ2v) is 5.09. The van der Waals surface area contributed by atoms with E-state index in [2.05, 4.69) is 12.2 Å². The first kappa shape index (κ1) is 15.8. The molecule has 0 spiro atoms. The van der Waals surface area contributed by atoms with Crippen LogP contribution in [0.15, 0.2) is 24.3 Å². The number of carbonyl (C=O) groups is 1. The monoisotopic (exact) mass is 283 g/mol. The highest BCUT2D eigenvalue weighted by Crippen LogP contribution is 2.13. The lowest BCUT2D eigenvalue weighted by atomic mass is 10.2. The van der Waals surface area contributed by atoms with E-state index in [4.69, 9.17) is 16.3 Å². The maximum Gasteiger partial charge on any atom is 0.251 e. The van der Waals surface area contributed by atoms with Crippen molar-refractivity contribution in [3.8, 4) is 5.75 Å². The van der Waals surface area contributed by atoms with Gasteiger partial charge in [-0.15, -0.1) is 11.6 Å². The van der Waals surface area contributed by atoms with Crippen LogP contribution in [0.25, 0.3) is 0 Å². The lowest BCUT2D eigenvalue weighted by molar-refractivity contribution is 0.0953. The van der Waals surface area contributed by atoms with E-state index in [1.54, 1.807) is 12.1 Å². The summed E-state index contributed by atoms with van der Waals surface area (Å²) in [6, 6.07) is 7.21. The number of rotatable bonds is 8. The fraction of sp³-hybridized carbons (Fsp3) is 0.533. The highest BCUT2D eigenvalue weighted by Gasteiger charge is 2.09. The molecule has 1 N–H and O–H groups in total. The quantitative estimate of drug-likeness (QED) is 0.740. The van der Waals surface area contributed by atoms with Crippen LogP contribution in [0.1, 0.15) is 43.5 Å². The number of hydrogen-bond acceptors (Lipinski definition) is 2. The summed E-state index contributed by atoms with van der Waals surface area (Å²) < 4.78 is 5.50. The molecule has 0 saturated carbocycles. The molecule has 1 aromatic rings. The first-order valence-electron chi connectivity index (χ1n) is 6.82. The highest BCUT2D eigenvalue weighted by molar-refractivity contribution is 6.20. The Labute approximate surface area is 120 Å². The Morgan fingerprint density at radius 1 is 1.37 bits per heavy atom. The van der Waals surface area contributed by atoms with Crippen molar-refractivity contribution in [3.05, 3.63) is 29.8 Å². The van der Waals surface area contributed by atoms with Gasteiger partial charge in [-0.05, 0) is 31.0 Å². The summed E-state index contributed by atoms with van der Waals surface area (Å²) in [4.78, 5) is 12.0. The molecule has 0 aliphatic rings. The van der Waals surface area contributed by atoms with E-state index in [9.17, 15) is 4.79 Å². The molecule has 0 saturated heterocycles. The van der Waals surface area contributed by atoms with E-state index in [0.717, 1.165) is 25.0 Å². The predicted molar refractivity (Wildman–Crippen MR) is 79.1 cm³/mol. The Hall–Kier alpha value is -1.22. The van der Waals surface area contributed by atoms with Gasteiger partial charge in [-0.2, -0.15) is 0 Å². The number of ether oxygens (including phenoxy) is 1. The zero-order valence-corrected chi connectivity index (χ0v) is 12.4. The lowest BCUT2D eigenvalue weighted by Crippen LogP contribution is -2.29. The Morgan fingerprint density at radius 2 is 2.16 bits per heavy atom. The van der Waals surface area contributed by atoms with Gasteiger partial charge < -0.3 is 10.1 Å². The topological polar surface area (TPSA) is 38.3 Å². The number of benzene rings is 1. The SMILES string of the molecule is CCCOc1cccc(C(=O)NCC(Cl)CCC)c1. The molecule has 0 aromatic heterocycles. The molecule has 106 valence electrons. The van der Waals surface area contributed by atoms with Gasteiger partial charge in [0.05, 0.1) is 12.0 Å². The molecule has 3 nitrogen and oxygen atoms in total. The standard InChI is InChI=1S/C15H22ClNO2/c1-3-6-13(16)11-17-15(18)12-7-5-8-14(10-12)19-9-4-2/h5,7-8,10,13H,3-4,6,9,11H2,1-2H3,(H,17,18). The van der Waals surface area contributed by atoms with Crippen LogP contribution >= 0.6 is 11.6 Å². The van der Waals surface area contributed by atoms with Gasteiger partial charge >= 0.3 is 0 Å². The molecule has 1 amide bonds. The molecule has 0 aliphatic carbocycles. The Morgan fingerprint density at radius 3 is 2.84 bits per heavy atom. The minimum atomic E-state index is -0.108. The zero-order chi connectivity index (χ0) is 14.1. The molecule has 0 bridgehead atoms. The molecule has 1 atom stereocenters. The van der Waals surface area contributed by atoms with E-state index >= 15 is 0 Å². The van der Waals surface area contributed by atoms with Crippen LogP contribution in [0.2, 0.25) is 0 Å². The normalized spacial score (nSPS) is 11.9. The molecular weight excluding hydrogens is 262 g/mol. The lowest BCUT2D eigenvalue weighted by Gasteiger charge is -2.10. The number of amides is 1. The van der Waals surface area contributed by atoms with Crippen molar-refractivity contribution in [2.45, 2.75) is 38.5 Å². The minimum Gasteiger partial charge on any atom is -0.494 e. The van der Waals surface area contributed by atoms with Crippen molar-refractivity contribution < 1.29 is 9.53 Å². The molecule has 4 heteroatoms. The van der Waals surface area contributed by atoms with Crippen LogP contribution < -0.4 is 10.1 Å². The number of hydrogen-bond donors (Lipinski definition) is 1. The van der Waals surface area contributed by atoms with Crippen LogP contribution in [-0.4, -0.2) is 24.4 Å². The molecule has 1 aromatic carbocycles. The van der Waals surface area contributed by atoms with Crippen molar-refractivity contribution in [2.75, 3.05) is 13.2 Å². The molecule has 1 rings (SSSR count). The second-order valence-electron chi connectivity index (χ2n) is 4.47. The third-order valence-electron chi connectivity index (χ3n) is 2.66. The van der Waals surface area contributed by atoms with E-state index < -0.39 is 0 Å². The molecule has 19 heavy (non-hydrogen) atoms. The minimum absolute atomic E-state index is 0.00604. The van der Waals surface area contributed by atoms with Gasteiger partial charge in [0, 0.05) is 12.1 Å². The summed E-state index contributed by atoms with van der Waals surface area (Å²) in [5.41, 5.74) is 0.606. The van der Waals surface area contributed by atoms with Gasteiger partial charge in [-0.1, -0.05) is 26.3 Å². The molecule has 1 unspecified atom stereocenters. The van der Waals surface area contributed by atoms with Crippen LogP contribution in [-0.2, 0) is 0 Å². The van der Waals surface area contributed by atoms with Gasteiger partial charge in [-0.25, -0.2) is 0 Å². The predicted octanol–water partition coefficient (Wildman–Crippen LogP) is 3.61. The van der Waals surface area contributed by atoms with E-state index in [1.165, 1.54) is 0 Å². The number of nitrogens with one attached hydrogen (secondary N) is 1. The summed E-state index contributed by atoms with van der Waals surface area (Å²) in [5.74, 6) is 0.620. The molecule has 0 aliphatic heterocycles. The third kappa shape index (κ3) is 5.97. The Bertz CT molecular complexity index is 395. The molecule has 0 radical (unpaired) electrons. The van der Waals surface area contributed by atoms with Crippen molar-refractivity contribution in [3.63, 3.8) is 0 Å². The van der Waals surface area contributed by atoms with E-state index in [1.807, 2.05) is 19.1 Å². The second kappa shape index (κ2) is 8.81.